The Morgan fingerprint density at radius 2 is 2.00 bits per heavy atom. The molecule has 62 valence electrons. The average molecular weight is 178 g/mol. The fraction of sp³-hybridized carbons (Fsp3) is 1.00. The molecule has 0 aliphatic rings. The first-order chi connectivity index (χ1) is 4.81. The lowest BCUT2D eigenvalue weighted by Crippen LogP contribution is -1.92. The van der Waals surface area contributed by atoms with Crippen molar-refractivity contribution < 1.29 is 0 Å². The summed E-state index contributed by atoms with van der Waals surface area (Å²) in [5.74, 6) is 0. The van der Waals surface area contributed by atoms with E-state index in [-0.39, 0.29) is 0 Å². The van der Waals surface area contributed by atoms with Gasteiger partial charge in [0, 0.05) is 5.25 Å². The molecule has 0 aromatic carbocycles. The minimum absolute atomic E-state index is 0.849. The van der Waals surface area contributed by atoms with Crippen LogP contribution in [0.4, 0.5) is 0 Å². The highest BCUT2D eigenvalue weighted by atomic mass is 33.1. The van der Waals surface area contributed by atoms with Crippen molar-refractivity contribution in [2.24, 2.45) is 0 Å². The smallest absolute Gasteiger partial charge is 0.0123 e. The summed E-state index contributed by atoms with van der Waals surface area (Å²) in [6.45, 7) is 4.57. The van der Waals surface area contributed by atoms with Crippen molar-refractivity contribution in [1.82, 2.24) is 0 Å². The summed E-state index contributed by atoms with van der Waals surface area (Å²) in [7, 11) is 3.88. The SMILES string of the molecule is CCCCCC(C)SSC. The summed E-state index contributed by atoms with van der Waals surface area (Å²) in [5.41, 5.74) is 0. The van der Waals surface area contributed by atoms with E-state index in [0.717, 1.165) is 5.25 Å². The van der Waals surface area contributed by atoms with Crippen LogP contribution in [0.2, 0.25) is 0 Å². The van der Waals surface area contributed by atoms with Gasteiger partial charge in [-0.2, -0.15) is 0 Å². The van der Waals surface area contributed by atoms with Gasteiger partial charge in [-0.15, -0.1) is 0 Å². The fourth-order valence-electron chi connectivity index (χ4n) is 0.894. The van der Waals surface area contributed by atoms with Crippen molar-refractivity contribution in [2.45, 2.75) is 44.8 Å². The molecule has 0 spiro atoms. The molecule has 0 fully saturated rings. The van der Waals surface area contributed by atoms with Crippen LogP contribution in [0.15, 0.2) is 0 Å². The van der Waals surface area contributed by atoms with Gasteiger partial charge in [0.15, 0.2) is 0 Å². The molecule has 0 N–H and O–H groups in total. The molecule has 0 aromatic heterocycles. The van der Waals surface area contributed by atoms with Crippen LogP contribution in [0, 0.1) is 0 Å². The van der Waals surface area contributed by atoms with Gasteiger partial charge in [0.1, 0.15) is 0 Å². The van der Waals surface area contributed by atoms with Gasteiger partial charge in [0.25, 0.3) is 0 Å². The van der Waals surface area contributed by atoms with E-state index in [9.17, 15) is 0 Å². The van der Waals surface area contributed by atoms with E-state index in [2.05, 4.69) is 20.1 Å². The van der Waals surface area contributed by atoms with Crippen LogP contribution in [-0.4, -0.2) is 11.5 Å². The van der Waals surface area contributed by atoms with E-state index in [4.69, 9.17) is 0 Å². The van der Waals surface area contributed by atoms with Crippen molar-refractivity contribution in [1.29, 1.82) is 0 Å². The molecular formula is C8H18S2. The molecule has 10 heavy (non-hydrogen) atoms. The van der Waals surface area contributed by atoms with Gasteiger partial charge in [-0.3, -0.25) is 0 Å². The Kier molecular flexibility index (Phi) is 8.35. The van der Waals surface area contributed by atoms with Crippen molar-refractivity contribution >= 4 is 21.6 Å². The maximum absolute atomic E-state index is 2.32. The van der Waals surface area contributed by atoms with E-state index < -0.39 is 0 Å². The normalized spacial score (nSPS) is 13.5. The zero-order valence-electron chi connectivity index (χ0n) is 7.22. The lowest BCUT2D eigenvalue weighted by Gasteiger charge is -2.06. The van der Waals surface area contributed by atoms with Gasteiger partial charge in [-0.1, -0.05) is 54.7 Å². The molecule has 0 amide bonds. The van der Waals surface area contributed by atoms with E-state index in [1.807, 2.05) is 21.6 Å². The molecule has 1 atom stereocenters. The number of hydrogen-bond acceptors (Lipinski definition) is 2. The number of hydrogen-bond donors (Lipinski definition) is 0. The minimum atomic E-state index is 0.849. The van der Waals surface area contributed by atoms with Crippen LogP contribution in [0.1, 0.15) is 39.5 Å². The zero-order valence-corrected chi connectivity index (χ0v) is 8.86. The van der Waals surface area contributed by atoms with E-state index in [1.165, 1.54) is 25.7 Å². The highest BCUT2D eigenvalue weighted by molar-refractivity contribution is 8.76. The van der Waals surface area contributed by atoms with Gasteiger partial charge >= 0.3 is 0 Å². The molecule has 0 heterocycles. The maximum atomic E-state index is 2.32. The summed E-state index contributed by atoms with van der Waals surface area (Å²) in [6.07, 6.45) is 7.70. The fourth-order valence-corrected chi connectivity index (χ4v) is 2.76. The molecule has 2 heteroatoms. The highest BCUT2D eigenvalue weighted by Crippen LogP contribution is 2.26. The predicted molar refractivity (Wildman–Crippen MR) is 54.7 cm³/mol. The van der Waals surface area contributed by atoms with Crippen LogP contribution in [0.5, 0.6) is 0 Å². The van der Waals surface area contributed by atoms with E-state index in [1.54, 1.807) is 0 Å². The molecule has 0 saturated carbocycles. The Labute approximate surface area is 72.9 Å². The standard InChI is InChI=1S/C8H18S2/c1-4-5-6-7-8(2)10-9-3/h8H,4-7H2,1-3H3. The van der Waals surface area contributed by atoms with Gasteiger partial charge in [-0.05, 0) is 12.7 Å². The summed E-state index contributed by atoms with van der Waals surface area (Å²) < 4.78 is 0. The predicted octanol–water partition coefficient (Wildman–Crippen LogP) is 3.97. The Hall–Kier alpha value is 0.700. The first-order valence-corrected chi connectivity index (χ1v) is 6.62. The highest BCUT2D eigenvalue weighted by Gasteiger charge is 1.99. The van der Waals surface area contributed by atoms with Crippen molar-refractivity contribution in [2.75, 3.05) is 6.26 Å². The van der Waals surface area contributed by atoms with Crippen LogP contribution in [-0.2, 0) is 0 Å². The summed E-state index contributed by atoms with van der Waals surface area (Å²) in [4.78, 5) is 0. The van der Waals surface area contributed by atoms with Crippen molar-refractivity contribution in [3.8, 4) is 0 Å². The lowest BCUT2D eigenvalue weighted by atomic mass is 10.2. The molecule has 0 bridgehead atoms. The Bertz CT molecular complexity index is 64.3. The second-order valence-corrected chi connectivity index (χ2v) is 5.48. The van der Waals surface area contributed by atoms with Crippen molar-refractivity contribution in [3.05, 3.63) is 0 Å². The Morgan fingerprint density at radius 1 is 1.30 bits per heavy atom. The lowest BCUT2D eigenvalue weighted by molar-refractivity contribution is 0.666. The largest absolute Gasteiger partial charge is 0.0973 e. The van der Waals surface area contributed by atoms with E-state index >= 15 is 0 Å². The molecule has 0 radical (unpaired) electrons. The Balaban J connectivity index is 2.97. The second-order valence-electron chi connectivity index (χ2n) is 2.57. The monoisotopic (exact) mass is 178 g/mol. The van der Waals surface area contributed by atoms with Gasteiger partial charge < -0.3 is 0 Å². The zero-order chi connectivity index (χ0) is 7.82. The summed E-state index contributed by atoms with van der Waals surface area (Å²) in [5, 5.41) is 0.849. The van der Waals surface area contributed by atoms with Crippen LogP contribution < -0.4 is 0 Å². The van der Waals surface area contributed by atoms with Crippen LogP contribution in [0.3, 0.4) is 0 Å². The average Bonchev–Trinajstić information content (AvgIpc) is 1.89. The molecule has 0 rings (SSSR count). The minimum Gasteiger partial charge on any atom is -0.0973 e. The number of rotatable bonds is 6. The molecule has 1 unspecified atom stereocenters. The van der Waals surface area contributed by atoms with Crippen LogP contribution in [0.25, 0.3) is 0 Å². The first kappa shape index (κ1) is 10.7. The van der Waals surface area contributed by atoms with Gasteiger partial charge in [0.05, 0.1) is 0 Å². The molecule has 0 nitrogen and oxygen atoms in total. The molecular weight excluding hydrogens is 160 g/mol. The molecule has 0 aliphatic heterocycles. The quantitative estimate of drug-likeness (QED) is 0.446. The van der Waals surface area contributed by atoms with Crippen LogP contribution >= 0.6 is 21.6 Å². The third-order valence-electron chi connectivity index (χ3n) is 1.47. The van der Waals surface area contributed by atoms with Gasteiger partial charge in [0.2, 0.25) is 0 Å². The summed E-state index contributed by atoms with van der Waals surface area (Å²) in [6, 6.07) is 0. The molecule has 0 saturated heterocycles. The topological polar surface area (TPSA) is 0 Å². The van der Waals surface area contributed by atoms with Crippen molar-refractivity contribution in [3.63, 3.8) is 0 Å². The third kappa shape index (κ3) is 6.81. The number of unbranched alkanes of at least 4 members (excludes halogenated alkanes) is 2. The van der Waals surface area contributed by atoms with Gasteiger partial charge in [-0.25, -0.2) is 0 Å². The molecule has 0 aliphatic carbocycles. The Morgan fingerprint density at radius 3 is 2.50 bits per heavy atom. The summed E-state index contributed by atoms with van der Waals surface area (Å²) >= 11 is 0. The maximum Gasteiger partial charge on any atom is 0.0123 e. The van der Waals surface area contributed by atoms with E-state index in [0.29, 0.717) is 0 Å². The second kappa shape index (κ2) is 7.80. The molecule has 0 aromatic rings. The first-order valence-electron chi connectivity index (χ1n) is 4.00. The third-order valence-corrected chi connectivity index (χ3v) is 3.79.